The zero-order valence-corrected chi connectivity index (χ0v) is 7.21. The molecule has 2 N–H and O–H groups in total. The van der Waals surface area contributed by atoms with Crippen LogP contribution in [0.3, 0.4) is 0 Å². The lowest BCUT2D eigenvalue weighted by atomic mass is 10.3. The van der Waals surface area contributed by atoms with Crippen LogP contribution in [-0.4, -0.2) is 37.5 Å². The molecule has 3 unspecified atom stereocenters. The van der Waals surface area contributed by atoms with E-state index in [1.165, 1.54) is 6.42 Å². The van der Waals surface area contributed by atoms with Crippen LogP contribution in [0.2, 0.25) is 0 Å². The molecule has 3 atom stereocenters. The van der Waals surface area contributed by atoms with Crippen molar-refractivity contribution in [1.29, 1.82) is 0 Å². The Hall–Kier alpha value is -0.120. The van der Waals surface area contributed by atoms with Gasteiger partial charge in [0, 0.05) is 19.7 Å². The van der Waals surface area contributed by atoms with E-state index in [1.807, 2.05) is 0 Å². The minimum atomic E-state index is -0.354. The van der Waals surface area contributed by atoms with Crippen LogP contribution in [0.5, 0.6) is 0 Å². The van der Waals surface area contributed by atoms with Crippen molar-refractivity contribution in [2.45, 2.75) is 25.5 Å². The van der Waals surface area contributed by atoms with Crippen LogP contribution < -0.4 is 5.32 Å². The molecule has 0 aliphatic heterocycles. The van der Waals surface area contributed by atoms with Gasteiger partial charge in [0.05, 0.1) is 12.7 Å². The van der Waals surface area contributed by atoms with E-state index in [0.29, 0.717) is 19.2 Å². The van der Waals surface area contributed by atoms with E-state index in [9.17, 15) is 5.11 Å². The van der Waals surface area contributed by atoms with E-state index in [-0.39, 0.29) is 6.10 Å². The summed E-state index contributed by atoms with van der Waals surface area (Å²) in [6.07, 6.45) is 0.896. The maximum absolute atomic E-state index is 9.22. The summed E-state index contributed by atoms with van der Waals surface area (Å²) < 4.78 is 4.79. The van der Waals surface area contributed by atoms with Crippen LogP contribution in [0, 0.1) is 5.92 Å². The molecule has 1 rings (SSSR count). The van der Waals surface area contributed by atoms with Gasteiger partial charge in [0.1, 0.15) is 0 Å². The third kappa shape index (κ3) is 3.18. The average Bonchev–Trinajstić information content (AvgIpc) is 2.63. The van der Waals surface area contributed by atoms with E-state index in [4.69, 9.17) is 4.74 Å². The van der Waals surface area contributed by atoms with Crippen LogP contribution in [0.4, 0.5) is 0 Å². The summed E-state index contributed by atoms with van der Waals surface area (Å²) in [5.74, 6) is 0.796. The van der Waals surface area contributed by atoms with E-state index in [2.05, 4.69) is 12.2 Å². The van der Waals surface area contributed by atoms with Crippen molar-refractivity contribution in [3.63, 3.8) is 0 Å². The molecule has 0 radical (unpaired) electrons. The topological polar surface area (TPSA) is 41.5 Å². The fraction of sp³-hybridized carbons (Fsp3) is 1.00. The summed E-state index contributed by atoms with van der Waals surface area (Å²) in [6.45, 7) is 3.29. The molecule has 0 amide bonds. The first kappa shape index (κ1) is 8.97. The maximum atomic E-state index is 9.22. The number of aliphatic hydroxyl groups is 1. The highest BCUT2D eigenvalue weighted by Crippen LogP contribution is 2.28. The van der Waals surface area contributed by atoms with Gasteiger partial charge in [0.25, 0.3) is 0 Å². The summed E-state index contributed by atoms with van der Waals surface area (Å²) in [7, 11) is 1.60. The number of hydrogen-bond donors (Lipinski definition) is 2. The van der Waals surface area contributed by atoms with E-state index >= 15 is 0 Å². The minimum absolute atomic E-state index is 0.354. The third-order valence-electron chi connectivity index (χ3n) is 2.08. The van der Waals surface area contributed by atoms with Crippen LogP contribution in [0.25, 0.3) is 0 Å². The fourth-order valence-electron chi connectivity index (χ4n) is 1.15. The summed E-state index contributed by atoms with van der Waals surface area (Å²) in [5, 5.41) is 12.5. The number of nitrogens with one attached hydrogen (secondary N) is 1. The summed E-state index contributed by atoms with van der Waals surface area (Å²) in [5.41, 5.74) is 0. The lowest BCUT2D eigenvalue weighted by molar-refractivity contribution is 0.0642. The van der Waals surface area contributed by atoms with Crippen molar-refractivity contribution in [2.24, 2.45) is 5.92 Å². The lowest BCUT2D eigenvalue weighted by Crippen LogP contribution is -2.31. The standard InChI is InChI=1S/C8H17NO2/c1-6-3-8(6)9-4-7(10)5-11-2/h6-10H,3-5H2,1-2H3. The molecule has 66 valence electrons. The normalized spacial score (nSPS) is 31.9. The van der Waals surface area contributed by atoms with Gasteiger partial charge in [-0.3, -0.25) is 0 Å². The predicted octanol–water partition coefficient (Wildman–Crippen LogP) is -0.00830. The van der Waals surface area contributed by atoms with Gasteiger partial charge >= 0.3 is 0 Å². The van der Waals surface area contributed by atoms with Crippen molar-refractivity contribution in [2.75, 3.05) is 20.3 Å². The second-order valence-electron chi connectivity index (χ2n) is 3.34. The van der Waals surface area contributed by atoms with Gasteiger partial charge in [-0.2, -0.15) is 0 Å². The molecule has 0 aromatic carbocycles. The SMILES string of the molecule is COCC(O)CNC1CC1C. The highest BCUT2D eigenvalue weighted by Gasteiger charge is 2.31. The first-order valence-corrected chi connectivity index (χ1v) is 4.14. The van der Waals surface area contributed by atoms with E-state index in [0.717, 1.165) is 5.92 Å². The molecule has 0 spiro atoms. The van der Waals surface area contributed by atoms with Crippen LogP contribution in [0.15, 0.2) is 0 Å². The highest BCUT2D eigenvalue weighted by molar-refractivity contribution is 4.89. The van der Waals surface area contributed by atoms with Gasteiger partial charge in [0.15, 0.2) is 0 Å². The molecule has 0 saturated heterocycles. The Kier molecular flexibility index (Phi) is 3.30. The van der Waals surface area contributed by atoms with Gasteiger partial charge < -0.3 is 15.2 Å². The number of rotatable bonds is 5. The van der Waals surface area contributed by atoms with E-state index in [1.54, 1.807) is 7.11 Å². The molecule has 3 nitrogen and oxygen atoms in total. The predicted molar refractivity (Wildman–Crippen MR) is 43.5 cm³/mol. The van der Waals surface area contributed by atoms with Gasteiger partial charge in [-0.05, 0) is 12.3 Å². The second kappa shape index (κ2) is 4.04. The molecule has 11 heavy (non-hydrogen) atoms. The third-order valence-corrected chi connectivity index (χ3v) is 2.08. The van der Waals surface area contributed by atoms with Crippen molar-refractivity contribution < 1.29 is 9.84 Å². The Morgan fingerprint density at radius 1 is 1.73 bits per heavy atom. The molecule has 3 heteroatoms. The summed E-state index contributed by atoms with van der Waals surface area (Å²) in [6, 6.07) is 0.640. The van der Waals surface area contributed by atoms with Gasteiger partial charge in [-0.15, -0.1) is 0 Å². The molecule has 0 aromatic rings. The van der Waals surface area contributed by atoms with Crippen molar-refractivity contribution in [3.05, 3.63) is 0 Å². The minimum Gasteiger partial charge on any atom is -0.389 e. The molecule has 1 aliphatic rings. The summed E-state index contributed by atoms with van der Waals surface area (Å²) >= 11 is 0. The molecule has 0 aromatic heterocycles. The zero-order valence-electron chi connectivity index (χ0n) is 7.21. The molecule has 0 bridgehead atoms. The molecule has 0 heterocycles. The number of methoxy groups -OCH3 is 1. The number of ether oxygens (including phenoxy) is 1. The Morgan fingerprint density at radius 3 is 2.82 bits per heavy atom. The first-order chi connectivity index (χ1) is 5.24. The zero-order chi connectivity index (χ0) is 8.27. The maximum Gasteiger partial charge on any atom is 0.0897 e. The Balaban J connectivity index is 1.94. The van der Waals surface area contributed by atoms with Gasteiger partial charge in [-0.25, -0.2) is 0 Å². The quantitative estimate of drug-likeness (QED) is 0.593. The smallest absolute Gasteiger partial charge is 0.0897 e. The first-order valence-electron chi connectivity index (χ1n) is 4.14. The van der Waals surface area contributed by atoms with Crippen LogP contribution in [-0.2, 0) is 4.74 Å². The molecular weight excluding hydrogens is 142 g/mol. The summed E-state index contributed by atoms with van der Waals surface area (Å²) in [4.78, 5) is 0. The fourth-order valence-corrected chi connectivity index (χ4v) is 1.15. The monoisotopic (exact) mass is 159 g/mol. The highest BCUT2D eigenvalue weighted by atomic mass is 16.5. The number of aliphatic hydroxyl groups excluding tert-OH is 1. The lowest BCUT2D eigenvalue weighted by Gasteiger charge is -2.09. The number of hydrogen-bond acceptors (Lipinski definition) is 3. The Morgan fingerprint density at radius 2 is 2.36 bits per heavy atom. The van der Waals surface area contributed by atoms with Crippen LogP contribution >= 0.6 is 0 Å². The molecule has 1 saturated carbocycles. The van der Waals surface area contributed by atoms with E-state index < -0.39 is 0 Å². The van der Waals surface area contributed by atoms with Crippen molar-refractivity contribution in [3.8, 4) is 0 Å². The largest absolute Gasteiger partial charge is 0.389 e. The van der Waals surface area contributed by atoms with Crippen LogP contribution in [0.1, 0.15) is 13.3 Å². The Labute approximate surface area is 67.7 Å². The van der Waals surface area contributed by atoms with Crippen molar-refractivity contribution in [1.82, 2.24) is 5.32 Å². The van der Waals surface area contributed by atoms with Gasteiger partial charge in [0.2, 0.25) is 0 Å². The second-order valence-corrected chi connectivity index (χ2v) is 3.34. The molecular formula is C8H17NO2. The molecule has 1 aliphatic carbocycles. The average molecular weight is 159 g/mol. The Bertz CT molecular complexity index is 119. The van der Waals surface area contributed by atoms with Crippen molar-refractivity contribution >= 4 is 0 Å². The van der Waals surface area contributed by atoms with Gasteiger partial charge in [-0.1, -0.05) is 6.92 Å². The molecule has 1 fully saturated rings.